The van der Waals surface area contributed by atoms with Gasteiger partial charge in [0.15, 0.2) is 0 Å². The van der Waals surface area contributed by atoms with Crippen LogP contribution in [0.5, 0.6) is 0 Å². The van der Waals surface area contributed by atoms with Crippen molar-refractivity contribution in [2.24, 2.45) is 0 Å². The Labute approximate surface area is 162 Å². The molecule has 0 unspecified atom stereocenters. The van der Waals surface area contributed by atoms with Crippen LogP contribution in [-0.4, -0.2) is 51.4 Å². The van der Waals surface area contributed by atoms with Crippen molar-refractivity contribution in [2.75, 3.05) is 26.2 Å². The molecule has 0 spiro atoms. The summed E-state index contributed by atoms with van der Waals surface area (Å²) < 4.78 is 27.8. The highest BCUT2D eigenvalue weighted by molar-refractivity contribution is 7.89. The number of rotatable bonds is 5. The molecule has 3 rings (SSSR count). The minimum absolute atomic E-state index is 0. The number of carbonyl (C=O) groups excluding carboxylic acids is 1. The third kappa shape index (κ3) is 5.19. The number of benzene rings is 1. The van der Waals surface area contributed by atoms with Crippen LogP contribution in [0, 0.1) is 0 Å². The summed E-state index contributed by atoms with van der Waals surface area (Å²) >= 11 is 0. The molecule has 2 heterocycles. The van der Waals surface area contributed by atoms with E-state index < -0.39 is 10.0 Å². The first-order valence-electron chi connectivity index (χ1n) is 9.06. The van der Waals surface area contributed by atoms with Crippen LogP contribution < -0.4 is 10.0 Å². The molecule has 0 aromatic heterocycles. The van der Waals surface area contributed by atoms with Crippen LogP contribution in [0.3, 0.4) is 0 Å². The molecule has 6 nitrogen and oxygen atoms in total. The van der Waals surface area contributed by atoms with E-state index in [0.717, 1.165) is 36.9 Å². The Kier molecular flexibility index (Phi) is 7.46. The van der Waals surface area contributed by atoms with Gasteiger partial charge in [-0.3, -0.25) is 4.79 Å². The molecule has 26 heavy (non-hydrogen) atoms. The lowest BCUT2D eigenvalue weighted by molar-refractivity contribution is -0.128. The Hall–Kier alpha value is -1.15. The van der Waals surface area contributed by atoms with Crippen molar-refractivity contribution in [3.63, 3.8) is 0 Å². The minimum Gasteiger partial charge on any atom is -0.342 e. The zero-order chi connectivity index (χ0) is 17.9. The maximum absolute atomic E-state index is 12.6. The first-order valence-corrected chi connectivity index (χ1v) is 10.5. The first-order chi connectivity index (χ1) is 12.0. The zero-order valence-electron chi connectivity index (χ0n) is 15.2. The average molecular weight is 402 g/mol. The molecule has 8 heteroatoms. The van der Waals surface area contributed by atoms with Gasteiger partial charge >= 0.3 is 0 Å². The molecular formula is C18H28ClN3O3S. The SMILES string of the molecule is CC(=O)N1CCc2ccc(S(=O)(=O)NCC[C@H]3CCCN3)cc2CC1.Cl. The fourth-order valence-electron chi connectivity index (χ4n) is 3.64. The monoisotopic (exact) mass is 401 g/mol. The lowest BCUT2D eigenvalue weighted by Crippen LogP contribution is -2.31. The third-order valence-electron chi connectivity index (χ3n) is 5.18. The normalized spacial score (nSPS) is 20.2. The van der Waals surface area contributed by atoms with Crippen LogP contribution in [0.15, 0.2) is 23.1 Å². The van der Waals surface area contributed by atoms with Gasteiger partial charge in [-0.1, -0.05) is 6.07 Å². The average Bonchev–Trinajstić information content (AvgIpc) is 2.99. The Morgan fingerprint density at radius 1 is 1.27 bits per heavy atom. The summed E-state index contributed by atoms with van der Waals surface area (Å²) in [5.74, 6) is 0.0721. The zero-order valence-corrected chi connectivity index (χ0v) is 16.8. The molecule has 1 saturated heterocycles. The number of halogens is 1. The predicted octanol–water partition coefficient (Wildman–Crippen LogP) is 1.48. The quantitative estimate of drug-likeness (QED) is 0.783. The summed E-state index contributed by atoms with van der Waals surface area (Å²) in [7, 11) is -3.49. The van der Waals surface area contributed by atoms with Gasteiger partial charge in [0.25, 0.3) is 0 Å². The fourth-order valence-corrected chi connectivity index (χ4v) is 4.74. The summed E-state index contributed by atoms with van der Waals surface area (Å²) in [5.41, 5.74) is 2.17. The van der Waals surface area contributed by atoms with Crippen LogP contribution in [0.4, 0.5) is 0 Å². The molecule has 2 aliphatic rings. The van der Waals surface area contributed by atoms with Gasteiger partial charge in [-0.25, -0.2) is 13.1 Å². The molecule has 0 bridgehead atoms. The summed E-state index contributed by atoms with van der Waals surface area (Å²) in [5, 5.41) is 3.38. The van der Waals surface area contributed by atoms with Crippen molar-refractivity contribution in [1.82, 2.24) is 14.9 Å². The van der Waals surface area contributed by atoms with E-state index in [1.807, 2.05) is 11.0 Å². The minimum atomic E-state index is -3.49. The van der Waals surface area contributed by atoms with Gasteiger partial charge in [0.05, 0.1) is 4.90 Å². The van der Waals surface area contributed by atoms with Crippen LogP contribution in [0.25, 0.3) is 0 Å². The van der Waals surface area contributed by atoms with Gasteiger partial charge in [-0.05, 0) is 61.9 Å². The van der Waals surface area contributed by atoms with E-state index in [2.05, 4.69) is 10.0 Å². The lowest BCUT2D eigenvalue weighted by atomic mass is 10.0. The Morgan fingerprint density at radius 3 is 2.65 bits per heavy atom. The third-order valence-corrected chi connectivity index (χ3v) is 6.64. The Morgan fingerprint density at radius 2 is 2.00 bits per heavy atom. The molecule has 0 aliphatic carbocycles. The number of hydrogen-bond donors (Lipinski definition) is 2. The lowest BCUT2D eigenvalue weighted by Gasteiger charge is -2.17. The van der Waals surface area contributed by atoms with Gasteiger partial charge in [-0.2, -0.15) is 0 Å². The van der Waals surface area contributed by atoms with Crippen molar-refractivity contribution in [1.29, 1.82) is 0 Å². The second kappa shape index (κ2) is 9.17. The maximum atomic E-state index is 12.6. The smallest absolute Gasteiger partial charge is 0.240 e. The molecular weight excluding hydrogens is 374 g/mol. The maximum Gasteiger partial charge on any atom is 0.240 e. The topological polar surface area (TPSA) is 78.5 Å². The number of hydrogen-bond acceptors (Lipinski definition) is 4. The van der Waals surface area contributed by atoms with Gasteiger partial charge in [0.2, 0.25) is 15.9 Å². The van der Waals surface area contributed by atoms with Crippen molar-refractivity contribution in [3.05, 3.63) is 29.3 Å². The van der Waals surface area contributed by atoms with E-state index in [-0.39, 0.29) is 18.3 Å². The van der Waals surface area contributed by atoms with E-state index in [0.29, 0.717) is 37.0 Å². The van der Waals surface area contributed by atoms with Gasteiger partial charge < -0.3 is 10.2 Å². The summed E-state index contributed by atoms with van der Waals surface area (Å²) in [6.07, 6.45) is 4.57. The molecule has 1 aromatic rings. The van der Waals surface area contributed by atoms with Crippen LogP contribution in [0.2, 0.25) is 0 Å². The van der Waals surface area contributed by atoms with E-state index in [4.69, 9.17) is 0 Å². The van der Waals surface area contributed by atoms with Gasteiger partial charge in [0, 0.05) is 32.6 Å². The number of sulfonamides is 1. The van der Waals surface area contributed by atoms with Crippen LogP contribution in [0.1, 0.15) is 37.3 Å². The van der Waals surface area contributed by atoms with Crippen LogP contribution >= 0.6 is 12.4 Å². The van der Waals surface area contributed by atoms with Crippen LogP contribution in [-0.2, 0) is 27.7 Å². The Bertz CT molecular complexity index is 733. The molecule has 0 radical (unpaired) electrons. The van der Waals surface area contributed by atoms with Gasteiger partial charge in [0.1, 0.15) is 0 Å². The highest BCUT2D eigenvalue weighted by Gasteiger charge is 2.20. The molecule has 1 fully saturated rings. The standard InChI is InChI=1S/C18H27N3O3S.ClH/c1-14(22)21-11-7-15-4-5-18(13-16(15)8-12-21)25(23,24)20-10-6-17-3-2-9-19-17;/h4-5,13,17,19-20H,2-3,6-12H2,1H3;1H/t17-;/m1./s1. The van der Waals surface area contributed by atoms with Crippen molar-refractivity contribution >= 4 is 28.3 Å². The number of carbonyl (C=O) groups is 1. The fraction of sp³-hybridized carbons (Fsp3) is 0.611. The number of amides is 1. The molecule has 0 saturated carbocycles. The number of nitrogens with one attached hydrogen (secondary N) is 2. The summed E-state index contributed by atoms with van der Waals surface area (Å²) in [4.78, 5) is 13.7. The second-order valence-corrected chi connectivity index (χ2v) is 8.68. The molecule has 1 atom stereocenters. The van der Waals surface area contributed by atoms with E-state index >= 15 is 0 Å². The predicted molar refractivity (Wildman–Crippen MR) is 104 cm³/mol. The van der Waals surface area contributed by atoms with E-state index in [1.54, 1.807) is 19.1 Å². The largest absolute Gasteiger partial charge is 0.342 e. The summed E-state index contributed by atoms with van der Waals surface area (Å²) in [6, 6.07) is 5.77. The van der Waals surface area contributed by atoms with E-state index in [1.165, 1.54) is 6.42 Å². The van der Waals surface area contributed by atoms with Crippen molar-refractivity contribution in [2.45, 2.75) is 50.0 Å². The molecule has 2 N–H and O–H groups in total. The second-order valence-electron chi connectivity index (χ2n) is 6.92. The number of nitrogens with zero attached hydrogens (tertiary/aromatic N) is 1. The Balaban J connectivity index is 0.00000243. The number of fused-ring (bicyclic) bond motifs is 1. The van der Waals surface area contributed by atoms with Gasteiger partial charge in [-0.15, -0.1) is 12.4 Å². The highest BCUT2D eigenvalue weighted by Crippen LogP contribution is 2.20. The molecule has 1 aromatic carbocycles. The van der Waals surface area contributed by atoms with Crippen molar-refractivity contribution in [3.8, 4) is 0 Å². The molecule has 146 valence electrons. The highest BCUT2D eigenvalue weighted by atomic mass is 35.5. The summed E-state index contributed by atoms with van der Waals surface area (Å²) in [6.45, 7) is 4.40. The molecule has 1 amide bonds. The first kappa shape index (κ1) is 21.2. The van der Waals surface area contributed by atoms with Crippen molar-refractivity contribution < 1.29 is 13.2 Å². The molecule has 2 aliphatic heterocycles. The van der Waals surface area contributed by atoms with E-state index in [9.17, 15) is 13.2 Å².